The average Bonchev–Trinajstić information content (AvgIpc) is 2.79. The lowest BCUT2D eigenvalue weighted by Crippen LogP contribution is -2.28. The molecule has 0 aromatic carbocycles. The molecule has 0 radical (unpaired) electrons. The molecule has 1 heterocycles. The van der Waals surface area contributed by atoms with Crippen LogP contribution >= 0.6 is 0 Å². The third kappa shape index (κ3) is 4.88. The van der Waals surface area contributed by atoms with Gasteiger partial charge in [-0.25, -0.2) is 4.98 Å². The van der Waals surface area contributed by atoms with E-state index in [0.717, 1.165) is 32.7 Å². The Morgan fingerprint density at radius 2 is 2.12 bits per heavy atom. The van der Waals surface area contributed by atoms with Crippen LogP contribution in [0, 0.1) is 0 Å². The molecule has 0 aliphatic carbocycles. The van der Waals surface area contributed by atoms with Gasteiger partial charge < -0.3 is 14.8 Å². The van der Waals surface area contributed by atoms with Crippen LogP contribution in [0.5, 0.6) is 0 Å². The number of nitrogens with zero attached hydrogens (tertiary/aromatic N) is 3. The van der Waals surface area contributed by atoms with Crippen LogP contribution in [0.25, 0.3) is 0 Å². The van der Waals surface area contributed by atoms with Gasteiger partial charge in [0.2, 0.25) is 0 Å². The van der Waals surface area contributed by atoms with Crippen LogP contribution in [0.4, 0.5) is 0 Å². The molecule has 17 heavy (non-hydrogen) atoms. The van der Waals surface area contributed by atoms with Gasteiger partial charge in [0, 0.05) is 25.8 Å². The first-order valence-corrected chi connectivity index (χ1v) is 6.73. The molecule has 1 N–H and O–H groups in total. The van der Waals surface area contributed by atoms with Crippen LogP contribution in [0.1, 0.15) is 32.9 Å². The fraction of sp³-hybridized carbons (Fsp3) is 0.769. The summed E-state index contributed by atoms with van der Waals surface area (Å²) in [6.45, 7) is 13.0. The number of nitrogens with one attached hydrogen (secondary N) is 1. The maximum Gasteiger partial charge on any atom is 0.0949 e. The Labute approximate surface area is 105 Å². The standard InChI is InChI=1S/C13H26N4/c1-4-7-16(6-3)8-9-17-12-15-11-13(17)10-14-5-2/h11-12,14H,4-10H2,1-3H3. The molecule has 1 aromatic rings. The van der Waals surface area contributed by atoms with Gasteiger partial charge in [-0.2, -0.15) is 0 Å². The third-order valence-electron chi connectivity index (χ3n) is 3.00. The Bertz CT molecular complexity index is 295. The lowest BCUT2D eigenvalue weighted by atomic mass is 10.4. The van der Waals surface area contributed by atoms with Crippen molar-refractivity contribution < 1.29 is 0 Å². The minimum Gasteiger partial charge on any atom is -0.332 e. The van der Waals surface area contributed by atoms with Gasteiger partial charge in [0.25, 0.3) is 0 Å². The zero-order valence-corrected chi connectivity index (χ0v) is 11.4. The van der Waals surface area contributed by atoms with E-state index in [2.05, 4.69) is 40.5 Å². The van der Waals surface area contributed by atoms with Gasteiger partial charge in [-0.1, -0.05) is 20.8 Å². The maximum absolute atomic E-state index is 4.23. The predicted molar refractivity (Wildman–Crippen MR) is 72.0 cm³/mol. The molecule has 0 bridgehead atoms. The summed E-state index contributed by atoms with van der Waals surface area (Å²) in [4.78, 5) is 6.71. The Balaban J connectivity index is 2.42. The molecule has 0 atom stereocenters. The monoisotopic (exact) mass is 238 g/mol. The van der Waals surface area contributed by atoms with Crippen LogP contribution in [0.2, 0.25) is 0 Å². The lowest BCUT2D eigenvalue weighted by Gasteiger charge is -2.20. The third-order valence-corrected chi connectivity index (χ3v) is 3.00. The van der Waals surface area contributed by atoms with E-state index in [1.54, 1.807) is 0 Å². The van der Waals surface area contributed by atoms with Crippen molar-refractivity contribution in [2.45, 2.75) is 40.3 Å². The molecule has 0 saturated carbocycles. The first-order chi connectivity index (χ1) is 8.31. The number of hydrogen-bond donors (Lipinski definition) is 1. The fourth-order valence-corrected chi connectivity index (χ4v) is 1.94. The molecule has 4 heteroatoms. The van der Waals surface area contributed by atoms with E-state index in [1.807, 2.05) is 12.5 Å². The number of aromatic nitrogens is 2. The van der Waals surface area contributed by atoms with Crippen molar-refractivity contribution in [3.05, 3.63) is 18.2 Å². The minimum absolute atomic E-state index is 0.913. The first kappa shape index (κ1) is 14.2. The van der Waals surface area contributed by atoms with E-state index in [9.17, 15) is 0 Å². The zero-order valence-electron chi connectivity index (χ0n) is 11.4. The van der Waals surface area contributed by atoms with Gasteiger partial charge in [0.1, 0.15) is 0 Å². The summed E-state index contributed by atoms with van der Waals surface area (Å²) in [6.07, 6.45) is 5.12. The predicted octanol–water partition coefficient (Wildman–Crippen LogP) is 1.72. The molecular formula is C13H26N4. The number of rotatable bonds is 9. The van der Waals surface area contributed by atoms with Crippen LogP contribution in [0.15, 0.2) is 12.5 Å². The van der Waals surface area contributed by atoms with Crippen molar-refractivity contribution in [3.63, 3.8) is 0 Å². The topological polar surface area (TPSA) is 33.1 Å². The number of imidazole rings is 1. The van der Waals surface area contributed by atoms with Crippen LogP contribution in [0.3, 0.4) is 0 Å². The summed E-state index contributed by atoms with van der Waals surface area (Å²) >= 11 is 0. The smallest absolute Gasteiger partial charge is 0.0949 e. The van der Waals surface area contributed by atoms with Crippen molar-refractivity contribution in [1.82, 2.24) is 19.8 Å². The largest absolute Gasteiger partial charge is 0.332 e. The fourth-order valence-electron chi connectivity index (χ4n) is 1.94. The highest BCUT2D eigenvalue weighted by atomic mass is 15.2. The molecule has 0 spiro atoms. The molecular weight excluding hydrogens is 212 g/mol. The molecule has 0 saturated heterocycles. The summed E-state index contributed by atoms with van der Waals surface area (Å²) in [5.74, 6) is 0. The molecule has 0 aliphatic heterocycles. The van der Waals surface area contributed by atoms with Gasteiger partial charge >= 0.3 is 0 Å². The molecule has 0 amide bonds. The second-order valence-electron chi connectivity index (χ2n) is 4.29. The summed E-state index contributed by atoms with van der Waals surface area (Å²) < 4.78 is 2.25. The van der Waals surface area contributed by atoms with Crippen molar-refractivity contribution in [1.29, 1.82) is 0 Å². The number of likely N-dealkylation sites (N-methyl/N-ethyl adjacent to an activating group) is 1. The molecule has 0 unspecified atom stereocenters. The lowest BCUT2D eigenvalue weighted by molar-refractivity contribution is 0.275. The van der Waals surface area contributed by atoms with Crippen molar-refractivity contribution >= 4 is 0 Å². The van der Waals surface area contributed by atoms with Gasteiger partial charge in [-0.15, -0.1) is 0 Å². The summed E-state index contributed by atoms with van der Waals surface area (Å²) in [5, 5.41) is 3.34. The van der Waals surface area contributed by atoms with Crippen molar-refractivity contribution in [2.75, 3.05) is 26.2 Å². The van der Waals surface area contributed by atoms with Gasteiger partial charge in [0.15, 0.2) is 0 Å². The van der Waals surface area contributed by atoms with E-state index in [1.165, 1.54) is 18.7 Å². The molecule has 0 aliphatic rings. The Kier molecular flexibility index (Phi) is 6.89. The van der Waals surface area contributed by atoms with Crippen LogP contribution in [-0.4, -0.2) is 40.6 Å². The highest BCUT2D eigenvalue weighted by Crippen LogP contribution is 2.00. The van der Waals surface area contributed by atoms with E-state index >= 15 is 0 Å². The normalized spacial score (nSPS) is 11.3. The molecule has 98 valence electrons. The highest BCUT2D eigenvalue weighted by Gasteiger charge is 2.04. The maximum atomic E-state index is 4.23. The van der Waals surface area contributed by atoms with Crippen LogP contribution in [-0.2, 0) is 13.1 Å². The van der Waals surface area contributed by atoms with Crippen LogP contribution < -0.4 is 5.32 Å². The average molecular weight is 238 g/mol. The second kappa shape index (κ2) is 8.25. The van der Waals surface area contributed by atoms with Gasteiger partial charge in [-0.05, 0) is 26.1 Å². The van der Waals surface area contributed by atoms with Crippen molar-refractivity contribution in [3.8, 4) is 0 Å². The molecule has 1 aromatic heterocycles. The first-order valence-electron chi connectivity index (χ1n) is 6.73. The number of hydrogen-bond acceptors (Lipinski definition) is 3. The van der Waals surface area contributed by atoms with E-state index in [-0.39, 0.29) is 0 Å². The minimum atomic E-state index is 0.913. The van der Waals surface area contributed by atoms with Gasteiger partial charge in [-0.3, -0.25) is 0 Å². The second-order valence-corrected chi connectivity index (χ2v) is 4.29. The molecule has 1 rings (SSSR count). The van der Waals surface area contributed by atoms with Gasteiger partial charge in [0.05, 0.1) is 12.0 Å². The summed E-state index contributed by atoms with van der Waals surface area (Å²) in [7, 11) is 0. The van der Waals surface area contributed by atoms with E-state index in [4.69, 9.17) is 0 Å². The van der Waals surface area contributed by atoms with E-state index < -0.39 is 0 Å². The zero-order chi connectivity index (χ0) is 12.5. The SMILES string of the molecule is CCCN(CC)CCn1cncc1CNCC. The quantitative estimate of drug-likeness (QED) is 0.711. The summed E-state index contributed by atoms with van der Waals surface area (Å²) in [5.41, 5.74) is 1.28. The van der Waals surface area contributed by atoms with E-state index in [0.29, 0.717) is 0 Å². The Morgan fingerprint density at radius 1 is 1.29 bits per heavy atom. The molecule has 4 nitrogen and oxygen atoms in total. The Morgan fingerprint density at radius 3 is 2.76 bits per heavy atom. The highest BCUT2D eigenvalue weighted by molar-refractivity contribution is 4.97. The Hall–Kier alpha value is -0.870. The molecule has 0 fully saturated rings. The van der Waals surface area contributed by atoms with Crippen molar-refractivity contribution in [2.24, 2.45) is 0 Å². The summed E-state index contributed by atoms with van der Waals surface area (Å²) in [6, 6.07) is 0.